The quantitative estimate of drug-likeness (QED) is 0.315. The molecule has 0 aliphatic carbocycles. The summed E-state index contributed by atoms with van der Waals surface area (Å²) in [6.45, 7) is 1.63. The number of nitrogens with one attached hydrogen (secondary N) is 2. The molecule has 0 fully saturated rings. The van der Waals surface area contributed by atoms with E-state index in [9.17, 15) is 0 Å². The number of phenolic OH excluding ortho intramolecular Hbond substituents is 2. The normalized spacial score (nSPS) is 9.92. The Labute approximate surface area is 77.2 Å². The molecule has 0 atom stereocenters. The average molecular weight is 182 g/mol. The number of hydrogen-bond acceptors (Lipinski definition) is 4. The third-order valence-corrected chi connectivity index (χ3v) is 1.68. The number of anilines is 1. The molecular weight excluding hydrogens is 168 g/mol. The first-order valence-corrected chi connectivity index (χ1v) is 4.14. The first-order chi connectivity index (χ1) is 6.24. The van der Waals surface area contributed by atoms with Gasteiger partial charge in [0.05, 0.1) is 0 Å². The highest BCUT2D eigenvalue weighted by Gasteiger charge is 1.98. The van der Waals surface area contributed by atoms with Gasteiger partial charge in [-0.25, -0.2) is 0 Å². The van der Waals surface area contributed by atoms with Gasteiger partial charge in [-0.1, -0.05) is 0 Å². The van der Waals surface area contributed by atoms with Gasteiger partial charge in [0.1, 0.15) is 0 Å². The Kier molecular flexibility index (Phi) is 3.40. The highest BCUT2D eigenvalue weighted by molar-refractivity contribution is 5.53. The zero-order chi connectivity index (χ0) is 9.68. The van der Waals surface area contributed by atoms with E-state index >= 15 is 0 Å². The molecule has 0 saturated heterocycles. The Morgan fingerprint density at radius 2 is 1.92 bits per heavy atom. The van der Waals surface area contributed by atoms with Crippen LogP contribution >= 0.6 is 0 Å². The van der Waals surface area contributed by atoms with Gasteiger partial charge < -0.3 is 20.8 Å². The molecule has 0 amide bonds. The van der Waals surface area contributed by atoms with Crippen molar-refractivity contribution in [2.24, 2.45) is 0 Å². The second kappa shape index (κ2) is 4.57. The van der Waals surface area contributed by atoms with Crippen molar-refractivity contribution >= 4 is 5.69 Å². The summed E-state index contributed by atoms with van der Waals surface area (Å²) >= 11 is 0. The van der Waals surface area contributed by atoms with Crippen molar-refractivity contribution in [1.29, 1.82) is 0 Å². The van der Waals surface area contributed by atoms with Crippen LogP contribution in [0.25, 0.3) is 0 Å². The van der Waals surface area contributed by atoms with Gasteiger partial charge in [0.15, 0.2) is 11.5 Å². The van der Waals surface area contributed by atoms with E-state index in [0.717, 1.165) is 18.8 Å². The van der Waals surface area contributed by atoms with E-state index < -0.39 is 0 Å². The van der Waals surface area contributed by atoms with Crippen LogP contribution in [0.15, 0.2) is 18.2 Å². The van der Waals surface area contributed by atoms with Crippen LogP contribution in [0.2, 0.25) is 0 Å². The van der Waals surface area contributed by atoms with Gasteiger partial charge in [-0.15, -0.1) is 0 Å². The maximum atomic E-state index is 9.15. The Morgan fingerprint density at radius 1 is 1.15 bits per heavy atom. The van der Waals surface area contributed by atoms with E-state index in [2.05, 4.69) is 10.6 Å². The molecule has 1 rings (SSSR count). The largest absolute Gasteiger partial charge is 0.504 e. The standard InChI is InChI=1S/C9H14N2O2/c1-10-4-5-11-7-2-3-8(12)9(13)6-7/h2-3,6,10-13H,4-5H2,1H3. The Bertz CT molecular complexity index is 276. The number of likely N-dealkylation sites (N-methyl/N-ethyl adjacent to an activating group) is 1. The minimum atomic E-state index is -0.102. The summed E-state index contributed by atoms with van der Waals surface area (Å²) in [5.41, 5.74) is 0.797. The van der Waals surface area contributed by atoms with Crippen molar-refractivity contribution in [3.8, 4) is 11.5 Å². The summed E-state index contributed by atoms with van der Waals surface area (Å²) in [5, 5.41) is 24.2. The van der Waals surface area contributed by atoms with Crippen molar-refractivity contribution in [2.45, 2.75) is 0 Å². The number of aromatic hydroxyl groups is 2. The van der Waals surface area contributed by atoms with E-state index in [4.69, 9.17) is 10.2 Å². The molecular formula is C9H14N2O2. The van der Waals surface area contributed by atoms with Gasteiger partial charge in [-0.2, -0.15) is 0 Å². The summed E-state index contributed by atoms with van der Waals surface area (Å²) in [6, 6.07) is 4.66. The minimum absolute atomic E-state index is 0.0980. The zero-order valence-corrected chi connectivity index (χ0v) is 7.54. The second-order valence-electron chi connectivity index (χ2n) is 2.73. The number of benzene rings is 1. The topological polar surface area (TPSA) is 64.5 Å². The molecule has 0 heterocycles. The van der Waals surface area contributed by atoms with Crippen molar-refractivity contribution < 1.29 is 10.2 Å². The van der Waals surface area contributed by atoms with Gasteiger partial charge in [0.2, 0.25) is 0 Å². The lowest BCUT2D eigenvalue weighted by Crippen LogP contribution is -2.17. The van der Waals surface area contributed by atoms with Gasteiger partial charge in [0.25, 0.3) is 0 Å². The summed E-state index contributed by atoms with van der Waals surface area (Å²) in [4.78, 5) is 0. The van der Waals surface area contributed by atoms with E-state index in [1.54, 1.807) is 6.07 Å². The van der Waals surface area contributed by atoms with Gasteiger partial charge >= 0.3 is 0 Å². The molecule has 0 radical (unpaired) electrons. The van der Waals surface area contributed by atoms with Crippen molar-refractivity contribution in [2.75, 3.05) is 25.5 Å². The maximum absolute atomic E-state index is 9.15. The molecule has 4 nitrogen and oxygen atoms in total. The highest BCUT2D eigenvalue weighted by atomic mass is 16.3. The lowest BCUT2D eigenvalue weighted by Gasteiger charge is -2.06. The molecule has 1 aromatic rings. The molecule has 0 aliphatic rings. The van der Waals surface area contributed by atoms with Crippen LogP contribution in [0.5, 0.6) is 11.5 Å². The average Bonchev–Trinajstić information content (AvgIpc) is 2.12. The fraction of sp³-hybridized carbons (Fsp3) is 0.333. The highest BCUT2D eigenvalue weighted by Crippen LogP contribution is 2.26. The minimum Gasteiger partial charge on any atom is -0.504 e. The van der Waals surface area contributed by atoms with Gasteiger partial charge in [-0.05, 0) is 19.2 Å². The van der Waals surface area contributed by atoms with Crippen molar-refractivity contribution in [3.05, 3.63) is 18.2 Å². The van der Waals surface area contributed by atoms with Crippen LogP contribution in [0.1, 0.15) is 0 Å². The van der Waals surface area contributed by atoms with Crippen LogP contribution in [0.3, 0.4) is 0 Å². The number of hydrogen-bond donors (Lipinski definition) is 4. The molecule has 0 unspecified atom stereocenters. The Hall–Kier alpha value is -1.42. The molecule has 0 spiro atoms. The van der Waals surface area contributed by atoms with Crippen LogP contribution < -0.4 is 10.6 Å². The molecule has 0 bridgehead atoms. The molecule has 1 aromatic carbocycles. The van der Waals surface area contributed by atoms with Crippen LogP contribution in [0, 0.1) is 0 Å². The summed E-state index contributed by atoms with van der Waals surface area (Å²) in [7, 11) is 1.87. The van der Waals surface area contributed by atoms with E-state index in [1.165, 1.54) is 12.1 Å². The molecule has 0 saturated carbocycles. The first kappa shape index (κ1) is 9.67. The third kappa shape index (κ3) is 2.83. The molecule has 0 aromatic heterocycles. The number of rotatable bonds is 4. The zero-order valence-electron chi connectivity index (χ0n) is 7.54. The summed E-state index contributed by atoms with van der Waals surface area (Å²) in [6.07, 6.45) is 0. The second-order valence-corrected chi connectivity index (χ2v) is 2.73. The summed E-state index contributed by atoms with van der Waals surface area (Å²) in [5.74, 6) is -0.200. The lowest BCUT2D eigenvalue weighted by atomic mass is 10.3. The van der Waals surface area contributed by atoms with E-state index in [-0.39, 0.29) is 11.5 Å². The molecule has 4 N–H and O–H groups in total. The first-order valence-electron chi connectivity index (χ1n) is 4.14. The van der Waals surface area contributed by atoms with Crippen LogP contribution in [-0.4, -0.2) is 30.4 Å². The third-order valence-electron chi connectivity index (χ3n) is 1.68. The predicted octanol–water partition coefficient (Wildman–Crippen LogP) is 0.729. The van der Waals surface area contributed by atoms with Gasteiger partial charge in [0, 0.05) is 24.8 Å². The fourth-order valence-corrected chi connectivity index (χ4v) is 0.965. The maximum Gasteiger partial charge on any atom is 0.159 e. The molecule has 0 aliphatic heterocycles. The summed E-state index contributed by atoms with van der Waals surface area (Å²) < 4.78 is 0. The molecule has 4 heteroatoms. The molecule has 13 heavy (non-hydrogen) atoms. The Morgan fingerprint density at radius 3 is 2.54 bits per heavy atom. The van der Waals surface area contributed by atoms with Crippen LogP contribution in [-0.2, 0) is 0 Å². The lowest BCUT2D eigenvalue weighted by molar-refractivity contribution is 0.404. The van der Waals surface area contributed by atoms with Crippen molar-refractivity contribution in [3.63, 3.8) is 0 Å². The number of phenols is 2. The van der Waals surface area contributed by atoms with E-state index in [1.807, 2.05) is 7.05 Å². The smallest absolute Gasteiger partial charge is 0.159 e. The van der Waals surface area contributed by atoms with Crippen LogP contribution in [0.4, 0.5) is 5.69 Å². The van der Waals surface area contributed by atoms with Gasteiger partial charge in [-0.3, -0.25) is 0 Å². The predicted molar refractivity (Wildman–Crippen MR) is 52.2 cm³/mol. The fourth-order valence-electron chi connectivity index (χ4n) is 0.965. The Balaban J connectivity index is 2.53. The van der Waals surface area contributed by atoms with Crippen molar-refractivity contribution in [1.82, 2.24) is 5.32 Å². The SMILES string of the molecule is CNCCNc1ccc(O)c(O)c1. The van der Waals surface area contributed by atoms with E-state index in [0.29, 0.717) is 0 Å². The molecule has 72 valence electrons. The monoisotopic (exact) mass is 182 g/mol.